The first-order chi connectivity index (χ1) is 12.7. The number of nitrogens with two attached hydrogens (primary N) is 1. The molecular weight excluding hydrogens is 465 g/mol. The van der Waals surface area contributed by atoms with E-state index in [-0.39, 0.29) is 87.7 Å². The molecule has 3 atom stereocenters. The van der Waals surface area contributed by atoms with Gasteiger partial charge in [-0.05, 0) is 22.9 Å². The van der Waals surface area contributed by atoms with Crippen LogP contribution in [0.2, 0.25) is 0 Å². The number of carboxylic acids is 1. The summed E-state index contributed by atoms with van der Waals surface area (Å²) in [5, 5.41) is 20.3. The number of aromatic nitrogens is 4. The van der Waals surface area contributed by atoms with Gasteiger partial charge in [0.25, 0.3) is 0 Å². The first-order valence-corrected chi connectivity index (χ1v) is 11.6. The van der Waals surface area contributed by atoms with E-state index in [1.165, 1.54) is 16.7 Å². The molecule has 17 heteroatoms. The molecule has 1 amide bonds. The number of amides is 1. The van der Waals surface area contributed by atoms with Crippen LogP contribution < -0.4 is 5.73 Å². The van der Waals surface area contributed by atoms with Crippen LogP contribution in [0.3, 0.4) is 0 Å². The van der Waals surface area contributed by atoms with Gasteiger partial charge in [-0.1, -0.05) is 11.8 Å². The average Bonchev–Trinajstić information content (AvgIpc) is 3.04. The number of carboxylic acid groups (broad SMARTS) is 1. The summed E-state index contributed by atoms with van der Waals surface area (Å²) < 4.78 is 17.8. The molecule has 1 aromatic rings. The molecule has 0 aromatic carbocycles. The van der Waals surface area contributed by atoms with E-state index in [0.29, 0.717) is 11.3 Å². The van der Waals surface area contributed by atoms with E-state index in [1.807, 2.05) is 0 Å². The van der Waals surface area contributed by atoms with E-state index in [9.17, 15) is 24.2 Å². The van der Waals surface area contributed by atoms with Gasteiger partial charge in [-0.25, -0.2) is 9.48 Å². The summed E-state index contributed by atoms with van der Waals surface area (Å²) in [5.74, 6) is -1.03. The van der Waals surface area contributed by atoms with Gasteiger partial charge in [-0.3, -0.25) is 14.3 Å². The molecule has 3 rings (SSSR count). The van der Waals surface area contributed by atoms with Gasteiger partial charge >= 0.3 is 72.7 Å². The van der Waals surface area contributed by atoms with Crippen molar-refractivity contribution in [3.63, 3.8) is 0 Å². The maximum atomic E-state index is 11.9. The van der Waals surface area contributed by atoms with E-state index in [4.69, 9.17) is 10.3 Å². The Labute approximate surface area is 218 Å². The van der Waals surface area contributed by atoms with Crippen LogP contribution in [-0.2, 0) is 25.0 Å². The number of thioether (sulfide) groups is 2. The second-order valence-corrected chi connectivity index (χ2v) is 9.50. The number of fused-ring (bicyclic) bond motifs is 1. The quantitative estimate of drug-likeness (QED) is 0.164. The zero-order valence-electron chi connectivity index (χ0n) is 14.1. The van der Waals surface area contributed by atoms with Crippen LogP contribution in [0.25, 0.3) is 0 Å². The van der Waals surface area contributed by atoms with Crippen LogP contribution >= 0.6 is 31.1 Å². The van der Waals surface area contributed by atoms with Crippen LogP contribution in [0.5, 0.6) is 0 Å². The van der Waals surface area contributed by atoms with Crippen molar-refractivity contribution in [3.8, 4) is 0 Å². The Morgan fingerprint density at radius 3 is 2.79 bits per heavy atom. The number of hydrogen-bond acceptors (Lipinski definition) is 10. The van der Waals surface area contributed by atoms with Crippen molar-refractivity contribution in [1.82, 2.24) is 25.1 Å². The Morgan fingerprint density at radius 2 is 2.17 bits per heavy atom. The van der Waals surface area contributed by atoms with Crippen molar-refractivity contribution in [1.29, 1.82) is 0 Å². The average molecular weight is 484 g/mol. The van der Waals surface area contributed by atoms with E-state index < -0.39 is 31.8 Å². The van der Waals surface area contributed by atoms with Crippen molar-refractivity contribution in [2.75, 3.05) is 18.1 Å². The Hall–Kier alpha value is 0.560. The van der Waals surface area contributed by atoms with Gasteiger partial charge in [0, 0.05) is 11.5 Å². The Morgan fingerprint density at radius 1 is 1.48 bits per heavy atom. The third kappa shape index (κ3) is 6.08. The summed E-state index contributed by atoms with van der Waals surface area (Å²) in [6.07, 6.45) is -0.419. The van der Waals surface area contributed by atoms with Gasteiger partial charge in [0.05, 0.1) is 6.61 Å². The van der Waals surface area contributed by atoms with Crippen LogP contribution in [-0.4, -0.2) is 136 Å². The predicted molar refractivity (Wildman–Crippen MR) is 110 cm³/mol. The van der Waals surface area contributed by atoms with Crippen molar-refractivity contribution in [2.24, 2.45) is 5.73 Å². The molecule has 0 radical (unpaired) electrons. The van der Waals surface area contributed by atoms with Gasteiger partial charge < -0.3 is 20.3 Å². The van der Waals surface area contributed by atoms with Crippen molar-refractivity contribution in [3.05, 3.63) is 11.3 Å². The van der Waals surface area contributed by atoms with Crippen LogP contribution in [0.15, 0.2) is 16.4 Å². The monoisotopic (exact) mass is 484 g/mol. The van der Waals surface area contributed by atoms with E-state index >= 15 is 0 Å². The number of nitrogens with zero attached hydrogens (tertiary/aromatic N) is 5. The molecule has 0 aliphatic carbocycles. The molecule has 29 heavy (non-hydrogen) atoms. The Kier molecular flexibility index (Phi) is 10.9. The fourth-order valence-corrected chi connectivity index (χ4v) is 6.06. The number of aliphatic carboxylic acids is 1. The molecule has 0 saturated carbocycles. The molecule has 4 N–H and O–H groups in total. The maximum absolute atomic E-state index is 11.9. The van der Waals surface area contributed by atoms with Crippen LogP contribution in [0.4, 0.5) is 0 Å². The first kappa shape index (κ1) is 27.6. The SMILES string of the molecule is CCOP(=O)(O)Cn1nnnc1SCC1=C(C(=O)O)N2C(=O)[C@@H](N)[C@H]2SC1.[NaH].[NaH]. The molecule has 1 fully saturated rings. The van der Waals surface area contributed by atoms with Gasteiger partial charge in [0.15, 0.2) is 0 Å². The fourth-order valence-electron chi connectivity index (χ4n) is 2.64. The normalized spacial score (nSPS) is 22.7. The van der Waals surface area contributed by atoms with Gasteiger partial charge in [0.1, 0.15) is 23.4 Å². The zero-order chi connectivity index (χ0) is 19.8. The summed E-state index contributed by atoms with van der Waals surface area (Å²) in [6.45, 7) is 1.66. The summed E-state index contributed by atoms with van der Waals surface area (Å²) in [4.78, 5) is 34.5. The second kappa shape index (κ2) is 11.4. The Balaban J connectivity index is 0.00000210. The van der Waals surface area contributed by atoms with E-state index in [0.717, 1.165) is 16.4 Å². The number of carbonyl (C=O) groups is 2. The molecule has 1 unspecified atom stereocenters. The number of rotatable bonds is 8. The number of hydrogen-bond donors (Lipinski definition) is 3. The number of β-lactam (4-membered cyclic amide) rings is 1. The molecular formula is C12H19N6Na2O6PS2. The van der Waals surface area contributed by atoms with E-state index in [2.05, 4.69) is 15.5 Å². The summed E-state index contributed by atoms with van der Waals surface area (Å²) in [6, 6.07) is -0.692. The fraction of sp³-hybridized carbons (Fsp3) is 0.583. The molecule has 1 aromatic heterocycles. The first-order valence-electron chi connectivity index (χ1n) is 7.76. The van der Waals surface area contributed by atoms with Crippen LogP contribution in [0, 0.1) is 0 Å². The Bertz CT molecular complexity index is 857. The third-order valence-electron chi connectivity index (χ3n) is 3.81. The van der Waals surface area contributed by atoms with Gasteiger partial charge in [-0.2, -0.15) is 0 Å². The van der Waals surface area contributed by atoms with Crippen molar-refractivity contribution >= 4 is 102 Å². The minimum absolute atomic E-state index is 0. The van der Waals surface area contributed by atoms with Crippen LogP contribution in [0.1, 0.15) is 6.92 Å². The zero-order valence-corrected chi connectivity index (χ0v) is 16.6. The molecule has 0 spiro atoms. The second-order valence-electron chi connectivity index (χ2n) is 5.64. The number of carbonyl (C=O) groups excluding carboxylic acids is 1. The standard InChI is InChI=1S/C12H17N6O6PS2.2Na.2H/c1-2-24-25(22,23)5-17-12(14-15-16-17)27-4-6-3-26-10-7(13)9(19)18(10)8(6)11(20)21;;;;/h7,10H,2-5,13H2,1H3,(H,20,21)(H,22,23);;;;/t7-,10-;;;;/m1..../s1. The molecule has 0 bridgehead atoms. The summed E-state index contributed by atoms with van der Waals surface area (Å²) >= 11 is 2.50. The van der Waals surface area contributed by atoms with Crippen molar-refractivity contribution in [2.45, 2.75) is 29.8 Å². The summed E-state index contributed by atoms with van der Waals surface area (Å²) in [5.41, 5.74) is 6.17. The van der Waals surface area contributed by atoms with Gasteiger partial charge in [-0.15, -0.1) is 16.9 Å². The van der Waals surface area contributed by atoms with E-state index in [1.54, 1.807) is 6.92 Å². The third-order valence-corrected chi connectivity index (χ3v) is 7.50. The molecule has 2 aliphatic rings. The molecule has 1 saturated heterocycles. The molecule has 152 valence electrons. The molecule has 12 nitrogen and oxygen atoms in total. The minimum atomic E-state index is -3.89. The number of tetrazole rings is 1. The summed E-state index contributed by atoms with van der Waals surface area (Å²) in [7, 11) is -3.89. The van der Waals surface area contributed by atoms with Gasteiger partial charge in [0.2, 0.25) is 11.1 Å². The van der Waals surface area contributed by atoms with Crippen molar-refractivity contribution < 1.29 is 28.7 Å². The molecule has 3 heterocycles. The predicted octanol–water partition coefficient (Wildman–Crippen LogP) is -1.77. The topological polar surface area (TPSA) is 174 Å². The molecule has 2 aliphatic heterocycles.